The van der Waals surface area contributed by atoms with Gasteiger partial charge in [-0.25, -0.2) is 4.57 Å². The first kappa shape index (κ1) is 22.3. The predicted molar refractivity (Wildman–Crippen MR) is 133 cm³/mol. The molecular formula is C24H18N6O4S. The number of hydrogen-bond donors (Lipinski definition) is 1. The maximum Gasteiger partial charge on any atom is 0.271 e. The lowest BCUT2D eigenvalue weighted by Crippen LogP contribution is -2.23. The lowest BCUT2D eigenvalue weighted by atomic mass is 10.2. The summed E-state index contributed by atoms with van der Waals surface area (Å²) in [4.78, 5) is 36.7. The molecule has 10 nitrogen and oxygen atoms in total. The van der Waals surface area contributed by atoms with Gasteiger partial charge in [0.05, 0.1) is 26.8 Å². The Labute approximate surface area is 202 Å². The molecule has 0 aliphatic rings. The molecule has 0 aliphatic heterocycles. The number of carbonyl (C=O) groups is 1. The number of aromatic nitrogens is 4. The van der Waals surface area contributed by atoms with E-state index in [1.807, 2.05) is 36.4 Å². The van der Waals surface area contributed by atoms with Gasteiger partial charge in [-0.1, -0.05) is 48.2 Å². The van der Waals surface area contributed by atoms with Crippen molar-refractivity contribution in [2.75, 3.05) is 5.32 Å². The molecule has 0 fully saturated rings. The molecule has 35 heavy (non-hydrogen) atoms. The summed E-state index contributed by atoms with van der Waals surface area (Å²) in [6.45, 7) is 1.70. The number of nitrogens with zero attached hydrogens (tertiary/aromatic N) is 5. The van der Waals surface area contributed by atoms with Crippen molar-refractivity contribution in [2.24, 2.45) is 0 Å². The van der Waals surface area contributed by atoms with Gasteiger partial charge >= 0.3 is 0 Å². The monoisotopic (exact) mass is 486 g/mol. The Hall–Kier alpha value is -4.51. The number of amides is 1. The molecule has 3 aromatic carbocycles. The highest BCUT2D eigenvalue weighted by atomic mass is 32.2. The molecule has 0 saturated carbocycles. The second-order valence-electron chi connectivity index (χ2n) is 7.67. The van der Waals surface area contributed by atoms with E-state index in [-0.39, 0.29) is 17.2 Å². The Balaban J connectivity index is 1.54. The van der Waals surface area contributed by atoms with E-state index < -0.39 is 10.2 Å². The quantitative estimate of drug-likeness (QED) is 0.218. The number of fused-ring (bicyclic) bond motifs is 3. The molecule has 0 radical (unpaired) electrons. The Kier molecular flexibility index (Phi) is 5.75. The van der Waals surface area contributed by atoms with E-state index in [9.17, 15) is 19.7 Å². The van der Waals surface area contributed by atoms with Crippen LogP contribution in [0.15, 0.2) is 88.8 Å². The summed E-state index contributed by atoms with van der Waals surface area (Å²) in [6.07, 6.45) is 0. The zero-order valence-electron chi connectivity index (χ0n) is 18.4. The zero-order valence-corrected chi connectivity index (χ0v) is 19.2. The van der Waals surface area contributed by atoms with Crippen molar-refractivity contribution in [1.82, 2.24) is 19.2 Å². The second-order valence-corrected chi connectivity index (χ2v) is 8.98. The van der Waals surface area contributed by atoms with Gasteiger partial charge in [-0.3, -0.25) is 24.1 Å². The number of anilines is 1. The molecule has 1 atom stereocenters. The van der Waals surface area contributed by atoms with Crippen LogP contribution >= 0.6 is 11.8 Å². The Bertz CT molecular complexity index is 1650. The fourth-order valence-corrected chi connectivity index (χ4v) is 4.57. The van der Waals surface area contributed by atoms with E-state index in [2.05, 4.69) is 15.5 Å². The minimum absolute atomic E-state index is 0.114. The Morgan fingerprint density at radius 1 is 1.03 bits per heavy atom. The largest absolute Gasteiger partial charge is 0.325 e. The van der Waals surface area contributed by atoms with Crippen LogP contribution in [-0.2, 0) is 4.79 Å². The number of benzene rings is 3. The molecule has 5 aromatic rings. The van der Waals surface area contributed by atoms with Gasteiger partial charge in [0.2, 0.25) is 11.7 Å². The molecular weight excluding hydrogens is 468 g/mol. The van der Waals surface area contributed by atoms with Crippen molar-refractivity contribution >= 4 is 45.7 Å². The van der Waals surface area contributed by atoms with Gasteiger partial charge in [0, 0.05) is 17.8 Å². The molecule has 1 amide bonds. The topological polar surface area (TPSA) is 124 Å². The predicted octanol–water partition coefficient (Wildman–Crippen LogP) is 4.06. The van der Waals surface area contributed by atoms with E-state index in [0.717, 1.165) is 0 Å². The van der Waals surface area contributed by atoms with Gasteiger partial charge in [0.25, 0.3) is 11.2 Å². The first-order valence-corrected chi connectivity index (χ1v) is 11.5. The molecule has 0 aliphatic carbocycles. The molecule has 0 unspecified atom stereocenters. The van der Waals surface area contributed by atoms with Gasteiger partial charge < -0.3 is 5.32 Å². The third-order valence-electron chi connectivity index (χ3n) is 5.39. The van der Waals surface area contributed by atoms with Crippen molar-refractivity contribution in [3.05, 3.63) is 99.3 Å². The van der Waals surface area contributed by atoms with Crippen molar-refractivity contribution in [2.45, 2.75) is 17.3 Å². The van der Waals surface area contributed by atoms with E-state index in [1.54, 1.807) is 35.6 Å². The summed E-state index contributed by atoms with van der Waals surface area (Å²) in [5, 5.41) is 22.6. The van der Waals surface area contributed by atoms with Crippen LogP contribution in [0.1, 0.15) is 6.92 Å². The Morgan fingerprint density at radius 3 is 2.54 bits per heavy atom. The van der Waals surface area contributed by atoms with E-state index >= 15 is 0 Å². The molecule has 5 rings (SSSR count). The zero-order chi connectivity index (χ0) is 24.5. The van der Waals surface area contributed by atoms with Crippen LogP contribution in [0, 0.1) is 10.1 Å². The van der Waals surface area contributed by atoms with Crippen LogP contribution in [0.3, 0.4) is 0 Å². The SMILES string of the molecule is C[C@@H](Sc1nnc2n(-c3ccccc3)c(=O)c3ccccc3n12)C(=O)Nc1cccc([N+](=O)[O-])c1. The third kappa shape index (κ3) is 4.13. The lowest BCUT2D eigenvalue weighted by molar-refractivity contribution is -0.384. The maximum absolute atomic E-state index is 13.3. The first-order valence-electron chi connectivity index (χ1n) is 10.6. The fourth-order valence-electron chi connectivity index (χ4n) is 3.72. The third-order valence-corrected chi connectivity index (χ3v) is 6.43. The van der Waals surface area contributed by atoms with Crippen molar-refractivity contribution in [3.63, 3.8) is 0 Å². The summed E-state index contributed by atoms with van der Waals surface area (Å²) in [6, 6.07) is 22.1. The van der Waals surface area contributed by atoms with E-state index in [0.29, 0.717) is 33.2 Å². The molecule has 0 spiro atoms. The fraction of sp³-hybridized carbons (Fsp3) is 0.0833. The average molecular weight is 487 g/mol. The highest BCUT2D eigenvalue weighted by molar-refractivity contribution is 8.00. The second kappa shape index (κ2) is 9.03. The highest BCUT2D eigenvalue weighted by Crippen LogP contribution is 2.27. The average Bonchev–Trinajstić information content (AvgIpc) is 3.28. The van der Waals surface area contributed by atoms with E-state index in [4.69, 9.17) is 0 Å². The Morgan fingerprint density at radius 2 is 1.77 bits per heavy atom. The van der Waals surface area contributed by atoms with Crippen LogP contribution in [0.25, 0.3) is 22.4 Å². The number of non-ortho nitro benzene ring substituents is 1. The van der Waals surface area contributed by atoms with Crippen LogP contribution < -0.4 is 10.9 Å². The molecule has 0 saturated heterocycles. The number of rotatable bonds is 6. The van der Waals surface area contributed by atoms with Gasteiger partial charge in [0.1, 0.15) is 0 Å². The number of thioether (sulfide) groups is 1. The number of para-hydroxylation sites is 2. The molecule has 1 N–H and O–H groups in total. The van der Waals surface area contributed by atoms with Crippen LogP contribution in [0.2, 0.25) is 0 Å². The summed E-state index contributed by atoms with van der Waals surface area (Å²) >= 11 is 1.17. The number of nitro groups is 1. The van der Waals surface area contributed by atoms with Crippen molar-refractivity contribution < 1.29 is 9.72 Å². The summed E-state index contributed by atoms with van der Waals surface area (Å²) in [5.74, 6) is -0.0263. The molecule has 174 valence electrons. The minimum atomic E-state index is -0.613. The standard InChI is InChI=1S/C24H18N6O4S/c1-15(21(31)25-16-8-7-11-18(14-16)30(33)34)35-24-27-26-23-28(17-9-3-2-4-10-17)22(32)19-12-5-6-13-20(19)29(23)24/h2-15H,1H3,(H,25,31)/t15-/m1/s1. The molecule has 2 heterocycles. The van der Waals surface area contributed by atoms with Crippen molar-refractivity contribution in [3.8, 4) is 5.69 Å². The number of hydrogen-bond acceptors (Lipinski definition) is 7. The van der Waals surface area contributed by atoms with Crippen LogP contribution in [0.5, 0.6) is 0 Å². The van der Waals surface area contributed by atoms with Crippen LogP contribution in [0.4, 0.5) is 11.4 Å². The van der Waals surface area contributed by atoms with Gasteiger partial charge in [0.15, 0.2) is 5.16 Å². The highest BCUT2D eigenvalue weighted by Gasteiger charge is 2.22. The summed E-state index contributed by atoms with van der Waals surface area (Å²) in [5.41, 5.74) is 1.26. The molecule has 11 heteroatoms. The van der Waals surface area contributed by atoms with E-state index in [1.165, 1.54) is 34.5 Å². The normalized spacial score (nSPS) is 12.0. The van der Waals surface area contributed by atoms with Gasteiger partial charge in [-0.2, -0.15) is 0 Å². The summed E-state index contributed by atoms with van der Waals surface area (Å²) in [7, 11) is 0. The number of nitrogens with one attached hydrogen (secondary N) is 1. The lowest BCUT2D eigenvalue weighted by Gasteiger charge is -2.13. The molecule has 2 aromatic heterocycles. The van der Waals surface area contributed by atoms with Crippen molar-refractivity contribution in [1.29, 1.82) is 0 Å². The number of nitro benzene ring substituents is 1. The smallest absolute Gasteiger partial charge is 0.271 e. The first-order chi connectivity index (χ1) is 16.9. The summed E-state index contributed by atoms with van der Waals surface area (Å²) < 4.78 is 3.25. The molecule has 0 bridgehead atoms. The maximum atomic E-state index is 13.3. The van der Waals surface area contributed by atoms with Gasteiger partial charge in [-0.05, 0) is 37.3 Å². The van der Waals surface area contributed by atoms with Gasteiger partial charge in [-0.15, -0.1) is 10.2 Å². The minimum Gasteiger partial charge on any atom is -0.325 e. The van der Waals surface area contributed by atoms with Crippen LogP contribution in [-0.4, -0.2) is 35.2 Å². The number of carbonyl (C=O) groups excluding carboxylic acids is 1.